The lowest BCUT2D eigenvalue weighted by molar-refractivity contribution is -0.917. The number of quaternary nitrogens is 1. The highest BCUT2D eigenvalue weighted by molar-refractivity contribution is 7.80. The summed E-state index contributed by atoms with van der Waals surface area (Å²) in [5, 5.41) is 4.06. The van der Waals surface area contributed by atoms with Gasteiger partial charge in [0.25, 0.3) is 0 Å². The van der Waals surface area contributed by atoms with Gasteiger partial charge in [-0.2, -0.15) is 0 Å². The van der Waals surface area contributed by atoms with Crippen LogP contribution in [0.1, 0.15) is 5.56 Å². The number of thiocarbonyl (C=S) groups is 1. The van der Waals surface area contributed by atoms with E-state index >= 15 is 0 Å². The number of nitrogens with zero attached hydrogens (tertiary/aromatic N) is 1. The van der Waals surface area contributed by atoms with Gasteiger partial charge in [0.05, 0.1) is 40.4 Å². The fourth-order valence-electron chi connectivity index (χ4n) is 3.17. The SMILES string of the molecule is COc1cc(NC(=S)N2CC[NH+](Cc3ccccc3)CC2)cc(OC)c1. The number of methoxy groups -OCH3 is 2. The van der Waals surface area contributed by atoms with E-state index in [9.17, 15) is 0 Å². The largest absolute Gasteiger partial charge is 0.497 e. The summed E-state index contributed by atoms with van der Waals surface area (Å²) < 4.78 is 10.6. The topological polar surface area (TPSA) is 38.2 Å². The molecule has 26 heavy (non-hydrogen) atoms. The van der Waals surface area contributed by atoms with Crippen LogP contribution < -0.4 is 19.7 Å². The lowest BCUT2D eigenvalue weighted by Crippen LogP contribution is -3.13. The van der Waals surface area contributed by atoms with Crippen molar-refractivity contribution in [1.82, 2.24) is 4.90 Å². The third kappa shape index (κ3) is 4.86. The number of anilines is 1. The molecule has 0 radical (unpaired) electrons. The van der Waals surface area contributed by atoms with Crippen molar-refractivity contribution in [3.8, 4) is 11.5 Å². The van der Waals surface area contributed by atoms with E-state index in [2.05, 4.69) is 40.5 Å². The second kappa shape index (κ2) is 8.87. The highest BCUT2D eigenvalue weighted by Gasteiger charge is 2.22. The summed E-state index contributed by atoms with van der Waals surface area (Å²) in [7, 11) is 3.29. The molecule has 138 valence electrons. The van der Waals surface area contributed by atoms with Gasteiger partial charge < -0.3 is 24.6 Å². The van der Waals surface area contributed by atoms with Crippen molar-refractivity contribution >= 4 is 23.0 Å². The van der Waals surface area contributed by atoms with Gasteiger partial charge in [-0.15, -0.1) is 0 Å². The normalized spacial score (nSPS) is 14.8. The number of hydrogen-bond acceptors (Lipinski definition) is 3. The van der Waals surface area contributed by atoms with Gasteiger partial charge in [-0.25, -0.2) is 0 Å². The van der Waals surface area contributed by atoms with E-state index < -0.39 is 0 Å². The fourth-order valence-corrected chi connectivity index (χ4v) is 3.47. The molecule has 2 aromatic rings. The van der Waals surface area contributed by atoms with Crippen LogP contribution in [-0.4, -0.2) is 50.4 Å². The molecular formula is C20H26N3O2S+. The van der Waals surface area contributed by atoms with Gasteiger partial charge in [0.2, 0.25) is 0 Å². The standard InChI is InChI=1S/C20H25N3O2S/c1-24-18-12-17(13-19(14-18)25-2)21-20(26)23-10-8-22(9-11-23)15-16-6-4-3-5-7-16/h3-7,12-14H,8-11,15H2,1-2H3,(H,21,26)/p+1. The zero-order valence-corrected chi connectivity index (χ0v) is 16.1. The first-order chi connectivity index (χ1) is 12.7. The Morgan fingerprint density at radius 1 is 1.04 bits per heavy atom. The minimum atomic E-state index is 0.742. The van der Waals surface area contributed by atoms with Gasteiger partial charge in [0, 0.05) is 29.4 Å². The summed E-state index contributed by atoms with van der Waals surface area (Å²) in [6.45, 7) is 5.14. The molecule has 0 amide bonds. The molecule has 2 aromatic carbocycles. The van der Waals surface area contributed by atoms with Crippen LogP contribution in [0.25, 0.3) is 0 Å². The van der Waals surface area contributed by atoms with E-state index in [1.165, 1.54) is 5.56 Å². The Kier molecular flexibility index (Phi) is 6.30. The Morgan fingerprint density at radius 3 is 2.23 bits per heavy atom. The zero-order valence-electron chi connectivity index (χ0n) is 15.3. The number of piperazine rings is 1. The number of ether oxygens (including phenoxy) is 2. The summed E-state index contributed by atoms with van der Waals surface area (Å²) in [4.78, 5) is 3.83. The number of benzene rings is 2. The quantitative estimate of drug-likeness (QED) is 0.783. The van der Waals surface area contributed by atoms with Gasteiger partial charge >= 0.3 is 0 Å². The average Bonchev–Trinajstić information content (AvgIpc) is 2.69. The van der Waals surface area contributed by atoms with Crippen molar-refractivity contribution in [3.05, 3.63) is 54.1 Å². The zero-order chi connectivity index (χ0) is 18.4. The molecule has 1 aliphatic rings. The highest BCUT2D eigenvalue weighted by Crippen LogP contribution is 2.26. The predicted molar refractivity (Wildman–Crippen MR) is 108 cm³/mol. The van der Waals surface area contributed by atoms with Crippen molar-refractivity contribution in [2.45, 2.75) is 6.54 Å². The van der Waals surface area contributed by atoms with Crippen molar-refractivity contribution < 1.29 is 14.4 Å². The molecule has 1 fully saturated rings. The van der Waals surface area contributed by atoms with Gasteiger partial charge in [-0.1, -0.05) is 30.3 Å². The maximum Gasteiger partial charge on any atom is 0.173 e. The molecule has 0 aliphatic carbocycles. The second-order valence-corrected chi connectivity index (χ2v) is 6.82. The summed E-state index contributed by atoms with van der Waals surface area (Å²) in [6, 6.07) is 16.4. The predicted octanol–water partition coefficient (Wildman–Crippen LogP) is 1.80. The Morgan fingerprint density at radius 2 is 1.65 bits per heavy atom. The van der Waals surface area contributed by atoms with Gasteiger partial charge in [-0.3, -0.25) is 0 Å². The van der Waals surface area contributed by atoms with E-state index in [-0.39, 0.29) is 0 Å². The molecule has 5 nitrogen and oxygen atoms in total. The van der Waals surface area contributed by atoms with Gasteiger partial charge in [0.1, 0.15) is 18.0 Å². The monoisotopic (exact) mass is 372 g/mol. The molecule has 0 spiro atoms. The highest BCUT2D eigenvalue weighted by atomic mass is 32.1. The van der Waals surface area contributed by atoms with Crippen LogP contribution in [0.2, 0.25) is 0 Å². The minimum Gasteiger partial charge on any atom is -0.497 e. The summed E-state index contributed by atoms with van der Waals surface area (Å²) >= 11 is 5.61. The van der Waals surface area contributed by atoms with Gasteiger partial charge in [-0.05, 0) is 12.2 Å². The number of nitrogens with one attached hydrogen (secondary N) is 2. The molecule has 0 unspecified atom stereocenters. The Hall–Kier alpha value is -2.31. The van der Waals surface area contributed by atoms with Crippen molar-refractivity contribution in [2.75, 3.05) is 45.7 Å². The fraction of sp³-hybridized carbons (Fsp3) is 0.350. The summed E-state index contributed by atoms with van der Waals surface area (Å²) in [5.74, 6) is 1.48. The van der Waals surface area contributed by atoms with Crippen LogP contribution in [0, 0.1) is 0 Å². The van der Waals surface area contributed by atoms with E-state index in [0.29, 0.717) is 0 Å². The first kappa shape index (κ1) is 18.5. The van der Waals surface area contributed by atoms with Crippen LogP contribution in [0.5, 0.6) is 11.5 Å². The molecule has 1 saturated heterocycles. The molecule has 0 saturated carbocycles. The van der Waals surface area contributed by atoms with Crippen LogP contribution in [0.3, 0.4) is 0 Å². The van der Waals surface area contributed by atoms with Crippen LogP contribution in [0.4, 0.5) is 5.69 Å². The van der Waals surface area contributed by atoms with Gasteiger partial charge in [0.15, 0.2) is 5.11 Å². The van der Waals surface area contributed by atoms with Crippen LogP contribution >= 0.6 is 12.2 Å². The van der Waals surface area contributed by atoms with E-state index in [1.54, 1.807) is 19.1 Å². The first-order valence-corrected chi connectivity index (χ1v) is 9.25. The molecule has 1 aliphatic heterocycles. The number of hydrogen-bond donors (Lipinski definition) is 2. The molecule has 0 aromatic heterocycles. The van der Waals surface area contributed by atoms with Crippen LogP contribution in [-0.2, 0) is 6.54 Å². The average molecular weight is 373 g/mol. The van der Waals surface area contributed by atoms with Crippen molar-refractivity contribution in [1.29, 1.82) is 0 Å². The molecule has 2 N–H and O–H groups in total. The van der Waals surface area contributed by atoms with Crippen LogP contribution in [0.15, 0.2) is 48.5 Å². The summed E-state index contributed by atoms with van der Waals surface area (Å²) in [5.41, 5.74) is 2.27. The van der Waals surface area contributed by atoms with E-state index in [1.807, 2.05) is 18.2 Å². The molecule has 1 heterocycles. The lowest BCUT2D eigenvalue weighted by Gasteiger charge is -2.34. The molecule has 6 heteroatoms. The van der Waals surface area contributed by atoms with E-state index in [0.717, 1.165) is 55.0 Å². The molecular weight excluding hydrogens is 346 g/mol. The second-order valence-electron chi connectivity index (χ2n) is 6.43. The van der Waals surface area contributed by atoms with Crippen molar-refractivity contribution in [3.63, 3.8) is 0 Å². The number of rotatable bonds is 5. The molecule has 0 atom stereocenters. The Balaban J connectivity index is 1.54. The minimum absolute atomic E-state index is 0.742. The maximum atomic E-state index is 5.61. The Labute approximate surface area is 160 Å². The molecule has 0 bridgehead atoms. The lowest BCUT2D eigenvalue weighted by atomic mass is 10.2. The summed E-state index contributed by atoms with van der Waals surface area (Å²) in [6.07, 6.45) is 0. The first-order valence-electron chi connectivity index (χ1n) is 8.84. The third-order valence-electron chi connectivity index (χ3n) is 4.66. The smallest absolute Gasteiger partial charge is 0.173 e. The maximum absolute atomic E-state index is 5.61. The van der Waals surface area contributed by atoms with Crippen molar-refractivity contribution in [2.24, 2.45) is 0 Å². The van der Waals surface area contributed by atoms with E-state index in [4.69, 9.17) is 21.7 Å². The third-order valence-corrected chi connectivity index (χ3v) is 5.02. The molecule has 3 rings (SSSR count). The Bertz CT molecular complexity index is 709.